The van der Waals surface area contributed by atoms with Crippen molar-refractivity contribution in [1.29, 1.82) is 5.41 Å². The van der Waals surface area contributed by atoms with E-state index in [1.165, 1.54) is 11.3 Å². The van der Waals surface area contributed by atoms with E-state index < -0.39 is 0 Å². The third-order valence-electron chi connectivity index (χ3n) is 4.15. The van der Waals surface area contributed by atoms with Gasteiger partial charge >= 0.3 is 0 Å². The molecule has 0 spiro atoms. The number of guanidine groups is 1. The Morgan fingerprint density at radius 3 is 2.79 bits per heavy atom. The highest BCUT2D eigenvalue weighted by atomic mass is 79.9. The number of amides is 1. The van der Waals surface area contributed by atoms with E-state index in [1.807, 2.05) is 5.38 Å². The van der Waals surface area contributed by atoms with Crippen LogP contribution in [0.2, 0.25) is 0 Å². The molecule has 4 nitrogen and oxygen atoms in total. The first-order chi connectivity index (χ1) is 9.08. The van der Waals surface area contributed by atoms with Gasteiger partial charge in [-0.15, -0.1) is 11.3 Å². The molecule has 0 unspecified atom stereocenters. The van der Waals surface area contributed by atoms with Gasteiger partial charge in [0.1, 0.15) is 0 Å². The highest BCUT2D eigenvalue weighted by molar-refractivity contribution is 9.10. The smallest absolute Gasteiger partial charge is 0.234 e. The van der Waals surface area contributed by atoms with Gasteiger partial charge in [-0.1, -0.05) is 6.42 Å². The molecule has 1 saturated carbocycles. The van der Waals surface area contributed by atoms with Crippen LogP contribution in [-0.4, -0.2) is 23.8 Å². The Bertz CT molecular complexity index is 526. The molecule has 102 valence electrons. The van der Waals surface area contributed by atoms with Gasteiger partial charge in [0.05, 0.1) is 12.0 Å². The van der Waals surface area contributed by atoms with Gasteiger partial charge < -0.3 is 5.32 Å². The van der Waals surface area contributed by atoms with Gasteiger partial charge in [-0.25, -0.2) is 0 Å². The molecule has 3 rings (SSSR count). The average molecular weight is 342 g/mol. The molecular weight excluding hydrogens is 326 g/mol. The van der Waals surface area contributed by atoms with E-state index in [2.05, 4.69) is 27.3 Å². The highest BCUT2D eigenvalue weighted by Crippen LogP contribution is 2.44. The van der Waals surface area contributed by atoms with Crippen molar-refractivity contribution in [2.75, 3.05) is 7.05 Å². The molecule has 0 bridgehead atoms. The first-order valence-electron chi connectivity index (χ1n) is 6.44. The van der Waals surface area contributed by atoms with Gasteiger partial charge in [-0.05, 0) is 40.8 Å². The molecular formula is C13H16BrN3OS. The lowest BCUT2D eigenvalue weighted by atomic mass is 9.71. The van der Waals surface area contributed by atoms with Crippen LogP contribution in [0.5, 0.6) is 0 Å². The summed E-state index contributed by atoms with van der Waals surface area (Å²) in [7, 11) is 1.68. The number of hydrogen-bond donors (Lipinski definition) is 2. The normalized spacial score (nSPS) is 28.2. The number of carbonyl (C=O) groups is 1. The Kier molecular flexibility index (Phi) is 3.39. The Morgan fingerprint density at radius 2 is 2.26 bits per heavy atom. The van der Waals surface area contributed by atoms with E-state index in [9.17, 15) is 4.79 Å². The van der Waals surface area contributed by atoms with Gasteiger partial charge in [0, 0.05) is 21.8 Å². The largest absolute Gasteiger partial charge is 0.348 e. The van der Waals surface area contributed by atoms with Gasteiger partial charge in [0.25, 0.3) is 0 Å². The van der Waals surface area contributed by atoms with Gasteiger partial charge in [-0.3, -0.25) is 15.1 Å². The Labute approximate surface area is 124 Å². The summed E-state index contributed by atoms with van der Waals surface area (Å²) in [5, 5.41) is 13.1. The van der Waals surface area contributed by atoms with Crippen molar-refractivity contribution < 1.29 is 4.79 Å². The Morgan fingerprint density at radius 1 is 1.53 bits per heavy atom. The molecule has 1 saturated heterocycles. The summed E-state index contributed by atoms with van der Waals surface area (Å²) in [5.74, 6) is 0.720. The second kappa shape index (κ2) is 4.90. The lowest BCUT2D eigenvalue weighted by Gasteiger charge is -2.43. The van der Waals surface area contributed by atoms with Crippen molar-refractivity contribution >= 4 is 39.1 Å². The summed E-state index contributed by atoms with van der Waals surface area (Å²) in [6, 6.07) is 2.01. The summed E-state index contributed by atoms with van der Waals surface area (Å²) in [5.41, 5.74) is 0. The SMILES string of the molecule is CN1C(=N)N[C@H](c2cc(Br)cs2)[C@@H](C2CCC2)C1=O. The molecule has 0 aromatic carbocycles. The molecule has 6 heteroatoms. The molecule has 1 aromatic rings. The zero-order valence-corrected chi connectivity index (χ0v) is 13.1. The fourth-order valence-corrected chi connectivity index (χ4v) is 4.36. The summed E-state index contributed by atoms with van der Waals surface area (Å²) >= 11 is 5.10. The average Bonchev–Trinajstić information content (AvgIpc) is 2.74. The van der Waals surface area contributed by atoms with Gasteiger partial charge in [0.15, 0.2) is 5.96 Å². The van der Waals surface area contributed by atoms with Crippen molar-refractivity contribution in [1.82, 2.24) is 10.2 Å². The van der Waals surface area contributed by atoms with Crippen LogP contribution in [0.4, 0.5) is 0 Å². The van der Waals surface area contributed by atoms with E-state index in [-0.39, 0.29) is 23.8 Å². The molecule has 19 heavy (non-hydrogen) atoms. The third-order valence-corrected chi connectivity index (χ3v) is 5.93. The van der Waals surface area contributed by atoms with E-state index in [0.29, 0.717) is 5.92 Å². The molecule has 1 aliphatic heterocycles. The maximum absolute atomic E-state index is 12.5. The molecule has 2 N–H and O–H groups in total. The van der Waals surface area contributed by atoms with Crippen molar-refractivity contribution in [2.45, 2.75) is 25.3 Å². The second-order valence-electron chi connectivity index (χ2n) is 5.25. The molecule has 0 radical (unpaired) electrons. The number of thiophene rings is 1. The topological polar surface area (TPSA) is 56.2 Å². The number of rotatable bonds is 2. The fourth-order valence-electron chi connectivity index (χ4n) is 2.82. The molecule has 2 atom stereocenters. The number of nitrogens with zero attached hydrogens (tertiary/aromatic N) is 1. The van der Waals surface area contributed by atoms with Crippen LogP contribution in [0.3, 0.4) is 0 Å². The predicted molar refractivity (Wildman–Crippen MR) is 79.2 cm³/mol. The number of hydrogen-bond acceptors (Lipinski definition) is 3. The minimum absolute atomic E-state index is 0.0293. The second-order valence-corrected chi connectivity index (χ2v) is 7.11. The maximum Gasteiger partial charge on any atom is 0.234 e. The zero-order chi connectivity index (χ0) is 13.6. The maximum atomic E-state index is 12.5. The van der Waals surface area contributed by atoms with Crippen LogP contribution < -0.4 is 5.32 Å². The van der Waals surface area contributed by atoms with E-state index in [0.717, 1.165) is 22.2 Å². The standard InChI is InChI=1S/C13H16BrN3OS/c1-17-12(18)10(7-3-2-4-7)11(16-13(17)15)9-5-8(14)6-19-9/h5-7,10-11H,2-4H2,1H3,(H2,15,16)/t10-,11-/m1/s1. The number of halogens is 1. The lowest BCUT2D eigenvalue weighted by Crippen LogP contribution is -2.57. The van der Waals surface area contributed by atoms with Crippen molar-refractivity contribution in [3.63, 3.8) is 0 Å². The van der Waals surface area contributed by atoms with Crippen LogP contribution in [-0.2, 0) is 4.79 Å². The van der Waals surface area contributed by atoms with Crippen molar-refractivity contribution in [3.05, 3.63) is 20.8 Å². The minimum Gasteiger partial charge on any atom is -0.348 e. The van der Waals surface area contributed by atoms with Crippen molar-refractivity contribution in [2.24, 2.45) is 11.8 Å². The fraction of sp³-hybridized carbons (Fsp3) is 0.538. The molecule has 2 heterocycles. The van der Waals surface area contributed by atoms with E-state index >= 15 is 0 Å². The quantitative estimate of drug-likeness (QED) is 0.868. The minimum atomic E-state index is -0.0437. The molecule has 2 aliphatic rings. The Hall–Kier alpha value is -0.880. The highest BCUT2D eigenvalue weighted by Gasteiger charge is 2.45. The molecule has 1 aliphatic carbocycles. The predicted octanol–water partition coefficient (Wildman–Crippen LogP) is 2.96. The summed E-state index contributed by atoms with van der Waals surface area (Å²) in [6.07, 6.45) is 3.47. The first kappa shape index (κ1) is 13.1. The zero-order valence-electron chi connectivity index (χ0n) is 10.6. The molecule has 1 aromatic heterocycles. The monoisotopic (exact) mass is 341 g/mol. The van der Waals surface area contributed by atoms with E-state index in [4.69, 9.17) is 5.41 Å². The van der Waals surface area contributed by atoms with Gasteiger partial charge in [-0.2, -0.15) is 0 Å². The molecule has 2 fully saturated rings. The number of nitrogens with one attached hydrogen (secondary N) is 2. The van der Waals surface area contributed by atoms with Crippen LogP contribution in [0.25, 0.3) is 0 Å². The van der Waals surface area contributed by atoms with Gasteiger partial charge in [0.2, 0.25) is 5.91 Å². The van der Waals surface area contributed by atoms with Crippen LogP contribution in [0, 0.1) is 17.2 Å². The summed E-state index contributed by atoms with van der Waals surface area (Å²) in [4.78, 5) is 15.1. The van der Waals surface area contributed by atoms with E-state index in [1.54, 1.807) is 18.4 Å². The first-order valence-corrected chi connectivity index (χ1v) is 8.12. The lowest BCUT2D eigenvalue weighted by molar-refractivity contribution is -0.136. The van der Waals surface area contributed by atoms with Crippen molar-refractivity contribution in [3.8, 4) is 0 Å². The number of carbonyl (C=O) groups excluding carboxylic acids is 1. The van der Waals surface area contributed by atoms with Crippen LogP contribution in [0.1, 0.15) is 30.2 Å². The summed E-state index contributed by atoms with van der Waals surface area (Å²) in [6.45, 7) is 0. The molecule has 1 amide bonds. The van der Waals surface area contributed by atoms with Crippen LogP contribution >= 0.6 is 27.3 Å². The third kappa shape index (κ3) is 2.21. The van der Waals surface area contributed by atoms with Crippen LogP contribution in [0.15, 0.2) is 15.9 Å². The Balaban J connectivity index is 1.94. The summed E-state index contributed by atoms with van der Waals surface area (Å²) < 4.78 is 1.04.